The minimum absolute atomic E-state index is 0.113. The topological polar surface area (TPSA) is 118 Å². The fourth-order valence-corrected chi connectivity index (χ4v) is 3.40. The SMILES string of the molecule is C=N/C(=C\C(=C/C)c1cc(COc2ccccc2CC(=O)O)cc2ccoc12)[C@H](N)CO. The quantitative estimate of drug-likeness (QED) is 0.328. The molecule has 0 aliphatic heterocycles. The maximum atomic E-state index is 11.1. The maximum Gasteiger partial charge on any atom is 0.307 e. The summed E-state index contributed by atoms with van der Waals surface area (Å²) in [7, 11) is 0. The molecule has 7 nitrogen and oxygen atoms in total. The average molecular weight is 434 g/mol. The van der Waals surface area contributed by atoms with Crippen LogP contribution in [-0.4, -0.2) is 35.5 Å². The van der Waals surface area contributed by atoms with E-state index in [1.54, 1.807) is 30.5 Å². The normalized spacial score (nSPS) is 13.2. The van der Waals surface area contributed by atoms with Crippen molar-refractivity contribution in [1.29, 1.82) is 0 Å². The number of aliphatic imine (C=N–C) groups is 1. The number of hydrogen-bond acceptors (Lipinski definition) is 6. The zero-order chi connectivity index (χ0) is 23.1. The first-order valence-electron chi connectivity index (χ1n) is 10.1. The molecule has 0 spiro atoms. The summed E-state index contributed by atoms with van der Waals surface area (Å²) in [4.78, 5) is 15.1. The van der Waals surface area contributed by atoms with Crippen LogP contribution in [0.1, 0.15) is 23.6 Å². The molecule has 0 fully saturated rings. The number of hydrogen-bond donors (Lipinski definition) is 3. The summed E-state index contributed by atoms with van der Waals surface area (Å²) in [6.07, 6.45) is 5.18. The standard InChI is InChI=1S/C25H26N2O5/c1-3-17(12-22(27-2)21(26)14-28)20-11-16(10-19-8-9-31-25(19)20)15-32-23-7-5-4-6-18(23)13-24(29)30/h3-12,21,28H,2,13-15,26H2,1H3,(H,29,30)/b17-3+,22-12-/t21-/m1/s1. The van der Waals surface area contributed by atoms with Crippen LogP contribution in [0.2, 0.25) is 0 Å². The van der Waals surface area contributed by atoms with Gasteiger partial charge in [-0.3, -0.25) is 9.79 Å². The van der Waals surface area contributed by atoms with Crippen LogP contribution in [0.4, 0.5) is 0 Å². The Labute approximate surface area is 186 Å². The number of nitrogens with two attached hydrogens (primary N) is 1. The molecule has 0 saturated heterocycles. The van der Waals surface area contributed by atoms with E-state index < -0.39 is 12.0 Å². The summed E-state index contributed by atoms with van der Waals surface area (Å²) in [6.45, 7) is 5.43. The Balaban J connectivity index is 1.96. The molecular weight excluding hydrogens is 408 g/mol. The maximum absolute atomic E-state index is 11.1. The Kier molecular flexibility index (Phi) is 7.59. The first kappa shape index (κ1) is 23.0. The van der Waals surface area contributed by atoms with Crippen molar-refractivity contribution in [1.82, 2.24) is 0 Å². The summed E-state index contributed by atoms with van der Waals surface area (Å²) in [5.41, 5.74) is 10.2. The molecule has 0 bridgehead atoms. The number of carbonyl (C=O) groups is 1. The second-order valence-electron chi connectivity index (χ2n) is 7.21. The van der Waals surface area contributed by atoms with Crippen molar-refractivity contribution in [3.63, 3.8) is 0 Å². The van der Waals surface area contributed by atoms with E-state index in [0.29, 0.717) is 22.6 Å². The van der Waals surface area contributed by atoms with Gasteiger partial charge in [-0.25, -0.2) is 0 Å². The summed E-state index contributed by atoms with van der Waals surface area (Å²) < 4.78 is 11.7. The minimum atomic E-state index is -0.916. The largest absolute Gasteiger partial charge is 0.489 e. The van der Waals surface area contributed by atoms with Crippen molar-refractivity contribution in [3.8, 4) is 5.75 Å². The van der Waals surface area contributed by atoms with Gasteiger partial charge in [0.05, 0.1) is 31.0 Å². The van der Waals surface area contributed by atoms with E-state index in [1.165, 1.54) is 0 Å². The van der Waals surface area contributed by atoms with Gasteiger partial charge in [0.15, 0.2) is 0 Å². The smallest absolute Gasteiger partial charge is 0.307 e. The lowest BCUT2D eigenvalue weighted by molar-refractivity contribution is -0.136. The molecule has 166 valence electrons. The molecule has 1 heterocycles. The number of allylic oxidation sites excluding steroid dienone is 3. The number of fused-ring (bicyclic) bond motifs is 1. The Morgan fingerprint density at radius 3 is 2.78 bits per heavy atom. The molecule has 3 rings (SSSR count). The van der Waals surface area contributed by atoms with E-state index in [-0.39, 0.29) is 19.6 Å². The fraction of sp³-hybridized carbons (Fsp3) is 0.200. The Bertz CT molecular complexity index is 1180. The first-order valence-corrected chi connectivity index (χ1v) is 10.1. The lowest BCUT2D eigenvalue weighted by Gasteiger charge is -2.13. The van der Waals surface area contributed by atoms with Crippen molar-refractivity contribution < 1.29 is 24.2 Å². The highest BCUT2D eigenvalue weighted by atomic mass is 16.5. The molecule has 0 saturated carbocycles. The third-order valence-corrected chi connectivity index (χ3v) is 5.00. The van der Waals surface area contributed by atoms with Gasteiger partial charge in [-0.1, -0.05) is 24.3 Å². The third-order valence-electron chi connectivity index (χ3n) is 5.00. The van der Waals surface area contributed by atoms with Gasteiger partial charge in [-0.15, -0.1) is 0 Å². The van der Waals surface area contributed by atoms with Gasteiger partial charge in [0.2, 0.25) is 0 Å². The molecule has 0 aliphatic rings. The molecule has 7 heteroatoms. The average Bonchev–Trinajstić information content (AvgIpc) is 3.27. The summed E-state index contributed by atoms with van der Waals surface area (Å²) in [5, 5.41) is 19.4. The number of carboxylic acids is 1. The zero-order valence-corrected chi connectivity index (χ0v) is 17.8. The molecular formula is C25H26N2O5. The number of aliphatic hydroxyl groups is 1. The number of para-hydroxylation sites is 1. The third kappa shape index (κ3) is 5.32. The number of ether oxygens (including phenoxy) is 1. The molecule has 3 aromatic rings. The van der Waals surface area contributed by atoms with Crippen molar-refractivity contribution in [2.75, 3.05) is 6.61 Å². The van der Waals surface area contributed by atoms with Crippen LogP contribution in [0.25, 0.3) is 16.5 Å². The summed E-state index contributed by atoms with van der Waals surface area (Å²) in [5.74, 6) is -0.387. The molecule has 1 aromatic heterocycles. The number of benzene rings is 2. The molecule has 0 radical (unpaired) electrons. The highest BCUT2D eigenvalue weighted by Crippen LogP contribution is 2.31. The van der Waals surface area contributed by atoms with E-state index in [1.807, 2.05) is 37.3 Å². The van der Waals surface area contributed by atoms with Gasteiger partial charge >= 0.3 is 5.97 Å². The highest BCUT2D eigenvalue weighted by molar-refractivity contribution is 5.93. The van der Waals surface area contributed by atoms with Crippen LogP contribution in [0.3, 0.4) is 0 Å². The van der Waals surface area contributed by atoms with Gasteiger partial charge < -0.3 is 25.1 Å². The Morgan fingerprint density at radius 1 is 1.31 bits per heavy atom. The van der Waals surface area contributed by atoms with Gasteiger partial charge in [0, 0.05) is 16.5 Å². The van der Waals surface area contributed by atoms with E-state index >= 15 is 0 Å². The molecule has 0 aliphatic carbocycles. The predicted molar refractivity (Wildman–Crippen MR) is 125 cm³/mol. The molecule has 32 heavy (non-hydrogen) atoms. The van der Waals surface area contributed by atoms with Gasteiger partial charge in [0.1, 0.15) is 17.9 Å². The van der Waals surface area contributed by atoms with Crippen LogP contribution in [0.15, 0.2) is 76.0 Å². The number of nitrogens with zero attached hydrogens (tertiary/aromatic N) is 1. The van der Waals surface area contributed by atoms with Crippen molar-refractivity contribution in [3.05, 3.63) is 83.3 Å². The van der Waals surface area contributed by atoms with Crippen LogP contribution in [0, 0.1) is 0 Å². The second-order valence-corrected chi connectivity index (χ2v) is 7.21. The predicted octanol–water partition coefficient (Wildman–Crippen LogP) is 3.95. The first-order chi connectivity index (χ1) is 15.5. The minimum Gasteiger partial charge on any atom is -0.489 e. The lowest BCUT2D eigenvalue weighted by Crippen LogP contribution is -2.26. The van der Waals surface area contributed by atoms with Gasteiger partial charge in [-0.2, -0.15) is 0 Å². The number of furan rings is 1. The molecule has 2 aromatic carbocycles. The zero-order valence-electron chi connectivity index (χ0n) is 17.8. The second kappa shape index (κ2) is 10.6. The van der Waals surface area contributed by atoms with Gasteiger partial charge in [-0.05, 0) is 55.1 Å². The molecule has 0 amide bonds. The fourth-order valence-electron chi connectivity index (χ4n) is 3.40. The van der Waals surface area contributed by atoms with Crippen LogP contribution < -0.4 is 10.5 Å². The molecule has 0 unspecified atom stereocenters. The number of rotatable bonds is 10. The Hall–Kier alpha value is -3.68. The van der Waals surface area contributed by atoms with E-state index in [0.717, 1.165) is 22.1 Å². The summed E-state index contributed by atoms with van der Waals surface area (Å²) in [6, 6.07) is 12.2. The monoisotopic (exact) mass is 434 g/mol. The van der Waals surface area contributed by atoms with E-state index in [9.17, 15) is 9.90 Å². The van der Waals surface area contributed by atoms with Crippen LogP contribution in [-0.2, 0) is 17.8 Å². The number of aliphatic hydroxyl groups excluding tert-OH is 1. The van der Waals surface area contributed by atoms with Crippen molar-refractivity contribution >= 4 is 29.2 Å². The number of carboxylic acid groups (broad SMARTS) is 1. The Morgan fingerprint density at radius 2 is 2.09 bits per heavy atom. The molecule has 1 atom stereocenters. The van der Waals surface area contributed by atoms with Crippen LogP contribution in [0.5, 0.6) is 5.75 Å². The number of aliphatic carboxylic acids is 1. The lowest BCUT2D eigenvalue weighted by atomic mass is 9.98. The van der Waals surface area contributed by atoms with E-state index in [4.69, 9.17) is 20.0 Å². The molecule has 4 N–H and O–H groups in total. The summed E-state index contributed by atoms with van der Waals surface area (Å²) >= 11 is 0. The van der Waals surface area contributed by atoms with Crippen molar-refractivity contribution in [2.45, 2.75) is 26.0 Å². The van der Waals surface area contributed by atoms with Crippen molar-refractivity contribution in [2.24, 2.45) is 10.7 Å². The van der Waals surface area contributed by atoms with Gasteiger partial charge in [0.25, 0.3) is 0 Å². The van der Waals surface area contributed by atoms with Crippen LogP contribution >= 0.6 is 0 Å². The highest BCUT2D eigenvalue weighted by Gasteiger charge is 2.14. The van der Waals surface area contributed by atoms with E-state index in [2.05, 4.69) is 11.7 Å².